The van der Waals surface area contributed by atoms with Gasteiger partial charge in [0.05, 0.1) is 0 Å². The topological polar surface area (TPSA) is 0 Å². The zero-order chi connectivity index (χ0) is 9.46. The lowest BCUT2D eigenvalue weighted by atomic mass is 10.2. The molecular formula is C7HF5. The fourth-order valence-corrected chi connectivity index (χ4v) is 0.622. The summed E-state index contributed by atoms with van der Waals surface area (Å²) in [6.07, 6.45) is 0. The van der Waals surface area contributed by atoms with Crippen LogP contribution in [-0.2, 0) is 0 Å². The van der Waals surface area contributed by atoms with E-state index < -0.39 is 34.6 Å². The quantitative estimate of drug-likeness (QED) is 0.326. The van der Waals surface area contributed by atoms with E-state index in [1.807, 2.05) is 0 Å². The molecule has 0 spiro atoms. The van der Waals surface area contributed by atoms with Gasteiger partial charge in [-0.2, -0.15) is 0 Å². The average Bonchev–Trinajstić information content (AvgIpc) is 2.08. The molecule has 0 fully saturated rings. The first-order chi connectivity index (χ1) is 5.46. The minimum Gasteiger partial charge on any atom is -0.203 e. The van der Waals surface area contributed by atoms with Gasteiger partial charge >= 0.3 is 0 Å². The second-order valence-electron chi connectivity index (χ2n) is 1.98. The van der Waals surface area contributed by atoms with E-state index in [1.54, 1.807) is 0 Å². The molecule has 0 aliphatic heterocycles. The van der Waals surface area contributed by atoms with Crippen molar-refractivity contribution >= 4 is 0 Å². The highest BCUT2D eigenvalue weighted by molar-refractivity contribution is 5.25. The minimum absolute atomic E-state index is 1.37. The van der Waals surface area contributed by atoms with Crippen molar-refractivity contribution in [3.05, 3.63) is 41.6 Å². The van der Waals surface area contributed by atoms with Crippen LogP contribution in [0.4, 0.5) is 22.0 Å². The number of halogens is 5. The van der Waals surface area contributed by atoms with E-state index in [-0.39, 0.29) is 0 Å². The highest BCUT2D eigenvalue weighted by atomic mass is 19.2. The molecule has 0 atom stereocenters. The number of hydrogen-bond acceptors (Lipinski definition) is 0. The second kappa shape index (κ2) is 2.73. The first kappa shape index (κ1) is 8.96. The molecule has 0 heterocycles. The van der Waals surface area contributed by atoms with Gasteiger partial charge in [-0.25, -0.2) is 22.0 Å². The van der Waals surface area contributed by atoms with Crippen molar-refractivity contribution in [1.29, 1.82) is 0 Å². The van der Waals surface area contributed by atoms with Crippen molar-refractivity contribution in [3.63, 3.8) is 0 Å². The lowest BCUT2D eigenvalue weighted by Crippen LogP contribution is -2.03. The van der Waals surface area contributed by atoms with E-state index in [4.69, 9.17) is 0 Å². The van der Waals surface area contributed by atoms with E-state index in [1.165, 1.54) is 0 Å². The Bertz CT molecular complexity index is 226. The molecule has 0 N–H and O–H groups in total. The maximum Gasteiger partial charge on any atom is 0.200 e. The molecule has 0 amide bonds. The largest absolute Gasteiger partial charge is 0.203 e. The van der Waals surface area contributed by atoms with Gasteiger partial charge in [0, 0.05) is 12.5 Å². The molecular weight excluding hydrogens is 179 g/mol. The zero-order valence-corrected chi connectivity index (χ0v) is 5.47. The lowest BCUT2D eigenvalue weighted by molar-refractivity contribution is 0.375. The Morgan fingerprint density at radius 2 is 0.833 bits per heavy atom. The Morgan fingerprint density at radius 3 is 1.17 bits per heavy atom. The molecule has 5 heteroatoms. The molecule has 1 aromatic rings. The number of benzene rings is 1. The van der Waals surface area contributed by atoms with Gasteiger partial charge in [-0.3, -0.25) is 0 Å². The molecule has 0 saturated carbocycles. The van der Waals surface area contributed by atoms with Gasteiger partial charge in [-0.1, -0.05) is 0 Å². The van der Waals surface area contributed by atoms with E-state index in [0.29, 0.717) is 0 Å². The number of hydrogen-bond donors (Lipinski definition) is 0. The molecule has 1 aromatic carbocycles. The van der Waals surface area contributed by atoms with Gasteiger partial charge in [-0.05, 0) is 0 Å². The van der Waals surface area contributed by atoms with Crippen LogP contribution in [0.1, 0.15) is 5.56 Å². The summed E-state index contributed by atoms with van der Waals surface area (Å²) in [5.41, 5.74) is -1.37. The Kier molecular flexibility index (Phi) is 2.04. The summed E-state index contributed by atoms with van der Waals surface area (Å²) in [7, 11) is 0. The van der Waals surface area contributed by atoms with Crippen LogP contribution in [0.5, 0.6) is 0 Å². The van der Waals surface area contributed by atoms with Gasteiger partial charge in [0.25, 0.3) is 0 Å². The molecule has 0 saturated heterocycles. The van der Waals surface area contributed by atoms with Crippen LogP contribution in [0, 0.1) is 36.0 Å². The fraction of sp³-hybridized carbons (Fsp3) is 0. The van der Waals surface area contributed by atoms with Gasteiger partial charge in [0.1, 0.15) is 0 Å². The Hall–Kier alpha value is -1.13. The molecule has 0 aliphatic rings. The van der Waals surface area contributed by atoms with E-state index >= 15 is 0 Å². The van der Waals surface area contributed by atoms with E-state index in [9.17, 15) is 22.0 Å². The molecule has 0 aromatic heterocycles. The van der Waals surface area contributed by atoms with Crippen LogP contribution < -0.4 is 0 Å². The minimum atomic E-state index is -2.21. The summed E-state index contributed by atoms with van der Waals surface area (Å²) >= 11 is 0. The highest BCUT2D eigenvalue weighted by Crippen LogP contribution is 2.21. The van der Waals surface area contributed by atoms with Gasteiger partial charge in [0.2, 0.25) is 5.82 Å². The standard InChI is InChI=1S/C7HF5/c1-2-3(8)5(10)7(12)6(11)4(2)9/h1H. The van der Waals surface area contributed by atoms with Crippen LogP contribution in [0.15, 0.2) is 0 Å². The van der Waals surface area contributed by atoms with E-state index in [0.717, 1.165) is 0 Å². The molecule has 1 rings (SSSR count). The smallest absolute Gasteiger partial charge is 0.200 e. The van der Waals surface area contributed by atoms with Crippen LogP contribution in [-0.4, -0.2) is 0 Å². The summed E-state index contributed by atoms with van der Waals surface area (Å²) in [6.45, 7) is 4.56. The van der Waals surface area contributed by atoms with Crippen LogP contribution in [0.25, 0.3) is 0 Å². The predicted molar refractivity (Wildman–Crippen MR) is 29.6 cm³/mol. The molecule has 0 aliphatic carbocycles. The summed E-state index contributed by atoms with van der Waals surface area (Å²) in [5, 5.41) is 0. The third kappa shape index (κ3) is 1.05. The van der Waals surface area contributed by atoms with Crippen LogP contribution in [0.2, 0.25) is 0 Å². The molecule has 0 unspecified atom stereocenters. The Morgan fingerprint density at radius 1 is 0.583 bits per heavy atom. The van der Waals surface area contributed by atoms with Crippen LogP contribution >= 0.6 is 0 Å². The fourth-order valence-electron chi connectivity index (χ4n) is 0.622. The summed E-state index contributed by atoms with van der Waals surface area (Å²) in [5.74, 6) is -10.3. The normalized spacial score (nSPS) is 10.5. The van der Waals surface area contributed by atoms with Crippen LogP contribution in [0.3, 0.4) is 0 Å². The first-order valence-electron chi connectivity index (χ1n) is 2.73. The van der Waals surface area contributed by atoms with Gasteiger partial charge in [-0.15, -0.1) is 0 Å². The van der Waals surface area contributed by atoms with Crippen molar-refractivity contribution in [3.8, 4) is 0 Å². The molecule has 12 heavy (non-hydrogen) atoms. The third-order valence-electron chi connectivity index (χ3n) is 1.24. The lowest BCUT2D eigenvalue weighted by Gasteiger charge is -2.01. The van der Waals surface area contributed by atoms with Crippen molar-refractivity contribution < 1.29 is 22.0 Å². The molecule has 0 bridgehead atoms. The van der Waals surface area contributed by atoms with Gasteiger partial charge < -0.3 is 0 Å². The monoisotopic (exact) mass is 180 g/mol. The Balaban J connectivity index is 3.60. The van der Waals surface area contributed by atoms with Gasteiger partial charge in [0.15, 0.2) is 23.3 Å². The SMILES string of the molecule is [CH]c1c(F)c(F)c(F)c(F)c1F. The van der Waals surface area contributed by atoms with Crippen molar-refractivity contribution in [1.82, 2.24) is 0 Å². The van der Waals surface area contributed by atoms with Crippen molar-refractivity contribution in [2.45, 2.75) is 0 Å². The number of rotatable bonds is 0. The molecule has 0 nitrogen and oxygen atoms in total. The van der Waals surface area contributed by atoms with E-state index in [2.05, 4.69) is 6.92 Å². The first-order valence-corrected chi connectivity index (χ1v) is 2.73. The third-order valence-corrected chi connectivity index (χ3v) is 1.24. The second-order valence-corrected chi connectivity index (χ2v) is 1.98. The summed E-state index contributed by atoms with van der Waals surface area (Å²) < 4.78 is 61.1. The highest BCUT2D eigenvalue weighted by Gasteiger charge is 2.22. The zero-order valence-electron chi connectivity index (χ0n) is 5.47. The average molecular weight is 180 g/mol. The Labute approximate surface area is 64.6 Å². The van der Waals surface area contributed by atoms with Crippen molar-refractivity contribution in [2.75, 3.05) is 0 Å². The molecule has 64 valence electrons. The van der Waals surface area contributed by atoms with Crippen molar-refractivity contribution in [2.24, 2.45) is 0 Å². The predicted octanol–water partition coefficient (Wildman–Crippen LogP) is 2.44. The summed E-state index contributed by atoms with van der Waals surface area (Å²) in [4.78, 5) is 0. The maximum atomic E-state index is 12.3. The molecule has 2 radical (unpaired) electrons. The maximum absolute atomic E-state index is 12.3. The summed E-state index contributed by atoms with van der Waals surface area (Å²) in [6, 6.07) is 0.